The fourth-order valence-corrected chi connectivity index (χ4v) is 2.11. The Hall–Kier alpha value is -1.57. The second-order valence-electron chi connectivity index (χ2n) is 4.23. The Morgan fingerprint density at radius 3 is 2.56 bits per heavy atom. The van der Waals surface area contributed by atoms with Crippen molar-refractivity contribution in [1.29, 1.82) is 0 Å². The van der Waals surface area contributed by atoms with Crippen molar-refractivity contribution >= 4 is 23.2 Å². The highest BCUT2D eigenvalue weighted by Gasteiger charge is 2.37. The number of amides is 1. The van der Waals surface area contributed by atoms with Crippen molar-refractivity contribution in [2.45, 2.75) is 18.8 Å². The van der Waals surface area contributed by atoms with Gasteiger partial charge in [0, 0.05) is 6.54 Å². The molecule has 0 bridgehead atoms. The summed E-state index contributed by atoms with van der Waals surface area (Å²) in [6.45, 7) is 0.312. The van der Waals surface area contributed by atoms with Crippen molar-refractivity contribution in [3.63, 3.8) is 0 Å². The molecule has 1 aliphatic rings. The van der Waals surface area contributed by atoms with Crippen molar-refractivity contribution < 1.29 is 9.18 Å². The highest BCUT2D eigenvalue weighted by Crippen LogP contribution is 2.17. The average molecular weight is 268 g/mol. The monoisotopic (exact) mass is 268 g/mol. The third-order valence-corrected chi connectivity index (χ3v) is 3.01. The summed E-state index contributed by atoms with van der Waals surface area (Å²) in [5.74, 6) is -1.95. The second-order valence-corrected chi connectivity index (χ2v) is 4.62. The molecule has 1 fully saturated rings. The molecule has 96 valence electrons. The van der Waals surface area contributed by atoms with Crippen LogP contribution in [0.4, 0.5) is 4.39 Å². The molecule has 0 radical (unpaired) electrons. The number of nitrogens with one attached hydrogen (secondary N) is 1. The topological polar surface area (TPSA) is 84.4 Å². The summed E-state index contributed by atoms with van der Waals surface area (Å²) < 4.78 is 12.8. The third kappa shape index (κ3) is 2.63. The van der Waals surface area contributed by atoms with E-state index in [-0.39, 0.29) is 23.3 Å². The molecule has 5 N–H and O–H groups in total. The molecule has 0 unspecified atom stereocenters. The Labute approximate surface area is 109 Å². The minimum atomic E-state index is -1.33. The molecule has 0 spiro atoms. The van der Waals surface area contributed by atoms with E-state index in [0.29, 0.717) is 6.54 Å². The van der Waals surface area contributed by atoms with Gasteiger partial charge in [-0.1, -0.05) is 12.1 Å². The number of carbonyl (C=O) groups is 1. The number of hydrogen-bond donors (Lipinski definition) is 3. The van der Waals surface area contributed by atoms with E-state index in [2.05, 4.69) is 5.32 Å². The highest BCUT2D eigenvalue weighted by molar-refractivity contribution is 7.80. The van der Waals surface area contributed by atoms with Gasteiger partial charge in [0.25, 0.3) is 0 Å². The summed E-state index contributed by atoms with van der Waals surface area (Å²) >= 11 is 5.04. The van der Waals surface area contributed by atoms with Gasteiger partial charge in [-0.2, -0.15) is 0 Å². The number of carbonyl (C=O) groups excluding carboxylic acids is 1. The fraction of sp³-hybridized carbons (Fsp3) is 0.273. The molecule has 18 heavy (non-hydrogen) atoms. The van der Waals surface area contributed by atoms with Crippen molar-refractivity contribution in [1.82, 2.24) is 10.2 Å². The van der Waals surface area contributed by atoms with E-state index >= 15 is 0 Å². The fourth-order valence-electron chi connectivity index (χ4n) is 1.76. The number of rotatable bonds is 2. The van der Waals surface area contributed by atoms with Crippen LogP contribution < -0.4 is 16.8 Å². The van der Waals surface area contributed by atoms with Crippen LogP contribution in [0.2, 0.25) is 0 Å². The van der Waals surface area contributed by atoms with Crippen molar-refractivity contribution in [2.24, 2.45) is 11.5 Å². The van der Waals surface area contributed by atoms with Gasteiger partial charge in [0.2, 0.25) is 5.91 Å². The first-order valence-corrected chi connectivity index (χ1v) is 5.73. The van der Waals surface area contributed by atoms with Crippen LogP contribution in [-0.4, -0.2) is 21.7 Å². The molecule has 2 rings (SSSR count). The molecule has 1 heterocycles. The smallest absolute Gasteiger partial charge is 0.231 e. The van der Waals surface area contributed by atoms with Crippen LogP contribution in [-0.2, 0) is 11.3 Å². The Balaban J connectivity index is 2.19. The van der Waals surface area contributed by atoms with E-state index in [0.717, 1.165) is 5.56 Å². The maximum absolute atomic E-state index is 12.8. The molecular formula is C11H13FN4OS. The number of benzene rings is 1. The van der Waals surface area contributed by atoms with Crippen LogP contribution in [0, 0.1) is 5.82 Å². The first-order valence-electron chi connectivity index (χ1n) is 5.32. The molecule has 0 saturated carbocycles. The van der Waals surface area contributed by atoms with Crippen LogP contribution in [0.25, 0.3) is 0 Å². The van der Waals surface area contributed by atoms with Gasteiger partial charge < -0.3 is 10.2 Å². The Bertz CT molecular complexity index is 488. The minimum absolute atomic E-state index is 0.0473. The molecule has 1 amide bonds. The number of nitrogens with zero attached hydrogens (tertiary/aromatic N) is 1. The third-order valence-electron chi connectivity index (χ3n) is 2.69. The van der Waals surface area contributed by atoms with Gasteiger partial charge in [0.1, 0.15) is 5.82 Å². The molecule has 0 aromatic heterocycles. The zero-order chi connectivity index (χ0) is 13.3. The standard InChI is InChI=1S/C11H13FN4OS/c12-8-3-1-7(2-4-8)6-16-10(18)15-9(17)5-11(16,13)14/h1-4H,5-6,13-14H2,(H,15,17,18). The predicted molar refractivity (Wildman–Crippen MR) is 68.4 cm³/mol. The Morgan fingerprint density at radius 2 is 2.00 bits per heavy atom. The Kier molecular flexibility index (Phi) is 3.29. The molecule has 1 aliphatic heterocycles. The molecule has 0 atom stereocenters. The number of nitrogens with two attached hydrogens (primary N) is 2. The van der Waals surface area contributed by atoms with Crippen LogP contribution in [0.1, 0.15) is 12.0 Å². The maximum atomic E-state index is 12.8. The largest absolute Gasteiger partial charge is 0.313 e. The van der Waals surface area contributed by atoms with Gasteiger partial charge in [0.15, 0.2) is 10.9 Å². The summed E-state index contributed by atoms with van der Waals surface area (Å²) in [5, 5.41) is 2.68. The van der Waals surface area contributed by atoms with Crippen LogP contribution >= 0.6 is 12.2 Å². The van der Waals surface area contributed by atoms with E-state index in [1.54, 1.807) is 12.1 Å². The van der Waals surface area contributed by atoms with Crippen LogP contribution in [0.5, 0.6) is 0 Å². The lowest BCUT2D eigenvalue weighted by molar-refractivity contribution is -0.124. The van der Waals surface area contributed by atoms with Gasteiger partial charge >= 0.3 is 0 Å². The maximum Gasteiger partial charge on any atom is 0.231 e. The zero-order valence-corrected chi connectivity index (χ0v) is 10.3. The van der Waals surface area contributed by atoms with Crippen molar-refractivity contribution in [3.8, 4) is 0 Å². The van der Waals surface area contributed by atoms with Gasteiger partial charge in [-0.15, -0.1) is 0 Å². The lowest BCUT2D eigenvalue weighted by Crippen LogP contribution is -2.71. The summed E-state index contributed by atoms with van der Waals surface area (Å²) in [6, 6.07) is 5.92. The number of thiocarbonyl (C=S) groups is 1. The van der Waals surface area contributed by atoms with E-state index < -0.39 is 5.79 Å². The molecule has 5 nitrogen and oxygen atoms in total. The van der Waals surface area contributed by atoms with E-state index in [1.165, 1.54) is 17.0 Å². The SMILES string of the molecule is NC1(N)CC(=O)NC(=S)N1Cc1ccc(F)cc1. The average Bonchev–Trinajstić information content (AvgIpc) is 2.25. The zero-order valence-electron chi connectivity index (χ0n) is 9.52. The molecule has 7 heteroatoms. The van der Waals surface area contributed by atoms with Gasteiger partial charge in [-0.3, -0.25) is 16.3 Å². The molecule has 1 aromatic carbocycles. The lowest BCUT2D eigenvalue weighted by atomic mass is 10.1. The second kappa shape index (κ2) is 4.60. The Morgan fingerprint density at radius 1 is 1.39 bits per heavy atom. The van der Waals surface area contributed by atoms with Gasteiger partial charge in [0.05, 0.1) is 6.42 Å². The molecule has 0 aliphatic carbocycles. The van der Waals surface area contributed by atoms with Crippen LogP contribution in [0.15, 0.2) is 24.3 Å². The summed E-state index contributed by atoms with van der Waals surface area (Å²) in [6.07, 6.45) is -0.0473. The van der Waals surface area contributed by atoms with E-state index in [9.17, 15) is 9.18 Å². The van der Waals surface area contributed by atoms with Crippen molar-refractivity contribution in [2.75, 3.05) is 0 Å². The first-order chi connectivity index (χ1) is 8.38. The van der Waals surface area contributed by atoms with Gasteiger partial charge in [-0.25, -0.2) is 4.39 Å². The summed E-state index contributed by atoms with van der Waals surface area (Å²) in [5.41, 5.74) is 12.5. The normalized spacial score (nSPS) is 18.7. The minimum Gasteiger partial charge on any atom is -0.313 e. The number of hydrogen-bond acceptors (Lipinski definition) is 4. The molecular weight excluding hydrogens is 255 g/mol. The predicted octanol–water partition coefficient (Wildman–Crippen LogP) is 0.00370. The number of halogens is 1. The highest BCUT2D eigenvalue weighted by atomic mass is 32.1. The molecule has 1 aromatic rings. The van der Waals surface area contributed by atoms with E-state index in [4.69, 9.17) is 23.7 Å². The van der Waals surface area contributed by atoms with E-state index in [1.807, 2.05) is 0 Å². The van der Waals surface area contributed by atoms with Crippen LogP contribution in [0.3, 0.4) is 0 Å². The van der Waals surface area contributed by atoms with Gasteiger partial charge in [-0.05, 0) is 29.9 Å². The quantitative estimate of drug-likeness (QED) is 0.519. The summed E-state index contributed by atoms with van der Waals surface area (Å²) in [7, 11) is 0. The summed E-state index contributed by atoms with van der Waals surface area (Å²) in [4.78, 5) is 12.8. The first kappa shape index (κ1) is 12.9. The lowest BCUT2D eigenvalue weighted by Gasteiger charge is -2.42. The van der Waals surface area contributed by atoms with Crippen molar-refractivity contribution in [3.05, 3.63) is 35.6 Å². The molecule has 1 saturated heterocycles.